The van der Waals surface area contributed by atoms with Gasteiger partial charge in [-0.1, -0.05) is 0 Å². The molecule has 0 radical (unpaired) electrons. The SMILES string of the molecule is NC1=NN=C(N2N=C(c3ccco3)C[C@@]2(O)C(F)(F)F)n2ncnc2C1. The quantitative estimate of drug-likeness (QED) is 0.743. The summed E-state index contributed by atoms with van der Waals surface area (Å²) in [5.41, 5.74) is 2.16. The first-order valence-electron chi connectivity index (χ1n) is 7.29. The van der Waals surface area contributed by atoms with E-state index < -0.39 is 24.3 Å². The maximum Gasteiger partial charge on any atom is 0.438 e. The Kier molecular flexibility index (Phi) is 3.37. The number of nitrogens with zero attached hydrogens (tertiary/aromatic N) is 7. The molecule has 13 heteroatoms. The summed E-state index contributed by atoms with van der Waals surface area (Å²) in [7, 11) is 0. The molecule has 10 nitrogen and oxygen atoms in total. The van der Waals surface area contributed by atoms with Gasteiger partial charge in [-0.15, -0.1) is 10.2 Å². The van der Waals surface area contributed by atoms with Crippen LogP contribution in [0.1, 0.15) is 18.0 Å². The Hall–Kier alpha value is -3.22. The summed E-state index contributed by atoms with van der Waals surface area (Å²) >= 11 is 0. The van der Waals surface area contributed by atoms with Gasteiger partial charge in [0.05, 0.1) is 19.1 Å². The van der Waals surface area contributed by atoms with E-state index in [1.54, 1.807) is 0 Å². The highest BCUT2D eigenvalue weighted by molar-refractivity contribution is 6.02. The van der Waals surface area contributed by atoms with E-state index in [9.17, 15) is 18.3 Å². The molecule has 2 aliphatic rings. The molecule has 2 aromatic rings. The lowest BCUT2D eigenvalue weighted by Crippen LogP contribution is -2.58. The second kappa shape index (κ2) is 5.39. The predicted octanol–water partition coefficient (Wildman–Crippen LogP) is 0.264. The summed E-state index contributed by atoms with van der Waals surface area (Å²) in [6.07, 6.45) is -3.48. The Morgan fingerprint density at radius 1 is 1.31 bits per heavy atom. The van der Waals surface area contributed by atoms with Crippen molar-refractivity contribution in [3.8, 4) is 0 Å². The van der Waals surface area contributed by atoms with Crippen LogP contribution in [-0.4, -0.2) is 54.3 Å². The first-order valence-corrected chi connectivity index (χ1v) is 7.29. The number of fused-ring (bicyclic) bond motifs is 1. The minimum absolute atomic E-state index is 0.0271. The smallest absolute Gasteiger partial charge is 0.438 e. The van der Waals surface area contributed by atoms with Gasteiger partial charge in [0.2, 0.25) is 0 Å². The predicted molar refractivity (Wildman–Crippen MR) is 80.9 cm³/mol. The summed E-state index contributed by atoms with van der Waals surface area (Å²) in [6.45, 7) is 0. The summed E-state index contributed by atoms with van der Waals surface area (Å²) in [5.74, 6) is -0.168. The molecule has 0 saturated heterocycles. The maximum atomic E-state index is 13.7. The van der Waals surface area contributed by atoms with E-state index in [1.807, 2.05) is 0 Å². The zero-order valence-electron chi connectivity index (χ0n) is 12.9. The summed E-state index contributed by atoms with van der Waals surface area (Å²) in [6, 6.07) is 2.93. The van der Waals surface area contributed by atoms with Crippen LogP contribution < -0.4 is 5.73 Å². The number of hydrogen-bond donors (Lipinski definition) is 2. The molecule has 2 aromatic heterocycles. The van der Waals surface area contributed by atoms with Gasteiger partial charge in [-0.2, -0.15) is 33.1 Å². The van der Waals surface area contributed by atoms with Gasteiger partial charge in [-0.3, -0.25) is 0 Å². The van der Waals surface area contributed by atoms with Crippen molar-refractivity contribution in [1.82, 2.24) is 19.8 Å². The Bertz CT molecular complexity index is 930. The van der Waals surface area contributed by atoms with Crippen molar-refractivity contribution in [3.05, 3.63) is 36.3 Å². The van der Waals surface area contributed by atoms with Crippen molar-refractivity contribution < 1.29 is 22.7 Å². The molecule has 4 heterocycles. The largest absolute Gasteiger partial charge is 0.463 e. The van der Waals surface area contributed by atoms with E-state index in [1.165, 1.54) is 18.4 Å². The van der Waals surface area contributed by atoms with Crippen molar-refractivity contribution >= 4 is 17.5 Å². The van der Waals surface area contributed by atoms with E-state index in [4.69, 9.17) is 10.2 Å². The first-order chi connectivity index (χ1) is 12.3. The Balaban J connectivity index is 1.87. The molecule has 0 fully saturated rings. The van der Waals surface area contributed by atoms with Gasteiger partial charge in [-0.05, 0) is 12.1 Å². The number of aromatic nitrogens is 3. The molecule has 2 aliphatic heterocycles. The van der Waals surface area contributed by atoms with Crippen LogP contribution in [0, 0.1) is 0 Å². The average Bonchev–Trinajstić information content (AvgIpc) is 3.27. The summed E-state index contributed by atoms with van der Waals surface area (Å²) in [5, 5.41) is 25.8. The van der Waals surface area contributed by atoms with E-state index in [0.29, 0.717) is 5.01 Å². The van der Waals surface area contributed by atoms with Crippen molar-refractivity contribution in [2.75, 3.05) is 0 Å². The number of rotatable bonds is 1. The molecule has 26 heavy (non-hydrogen) atoms. The van der Waals surface area contributed by atoms with Crippen LogP contribution in [0.25, 0.3) is 0 Å². The van der Waals surface area contributed by atoms with Gasteiger partial charge < -0.3 is 15.3 Å². The monoisotopic (exact) mass is 368 g/mol. The molecule has 3 N–H and O–H groups in total. The van der Waals surface area contributed by atoms with E-state index in [0.717, 1.165) is 11.0 Å². The molecule has 0 aromatic carbocycles. The number of furan rings is 1. The number of nitrogens with two attached hydrogens (primary N) is 1. The fourth-order valence-corrected chi connectivity index (χ4v) is 2.59. The van der Waals surface area contributed by atoms with E-state index in [2.05, 4.69) is 25.4 Å². The van der Waals surface area contributed by atoms with E-state index in [-0.39, 0.29) is 29.6 Å². The van der Waals surface area contributed by atoms with Crippen molar-refractivity contribution in [2.24, 2.45) is 21.0 Å². The van der Waals surface area contributed by atoms with Crippen LogP contribution in [-0.2, 0) is 6.42 Å². The standard InChI is InChI=1S/C13H11F3N8O2/c14-13(15,16)12(25)5-7(8-2-1-3-26-8)22-24(12)11-21-20-9(17)4-10-18-6-19-23(10)11/h1-3,6,25H,4-5H2,(H2,17,20)/t12-/m1/s1. The number of alkyl halides is 3. The molecule has 4 rings (SSSR count). The highest BCUT2D eigenvalue weighted by Gasteiger charge is 2.63. The first kappa shape index (κ1) is 16.3. The van der Waals surface area contributed by atoms with Gasteiger partial charge in [0.15, 0.2) is 0 Å². The summed E-state index contributed by atoms with van der Waals surface area (Å²) in [4.78, 5) is 3.92. The minimum atomic E-state index is -5.06. The normalized spacial score (nSPS) is 23.2. The number of halogens is 3. The van der Waals surface area contributed by atoms with Crippen molar-refractivity contribution in [3.63, 3.8) is 0 Å². The molecular weight excluding hydrogens is 357 g/mol. The Morgan fingerprint density at radius 3 is 2.81 bits per heavy atom. The fourth-order valence-electron chi connectivity index (χ4n) is 2.59. The molecule has 136 valence electrons. The minimum Gasteiger partial charge on any atom is -0.463 e. The van der Waals surface area contributed by atoms with Crippen LogP contribution in [0.5, 0.6) is 0 Å². The second-order valence-electron chi connectivity index (χ2n) is 5.58. The molecule has 0 bridgehead atoms. The Labute approximate surface area is 143 Å². The van der Waals surface area contributed by atoms with Crippen molar-refractivity contribution in [2.45, 2.75) is 24.7 Å². The number of hydrazone groups is 1. The van der Waals surface area contributed by atoms with Gasteiger partial charge in [0, 0.05) is 0 Å². The maximum absolute atomic E-state index is 13.7. The second-order valence-corrected chi connectivity index (χ2v) is 5.58. The van der Waals surface area contributed by atoms with Crippen LogP contribution in [0.3, 0.4) is 0 Å². The lowest BCUT2D eigenvalue weighted by Gasteiger charge is -2.33. The highest BCUT2D eigenvalue weighted by atomic mass is 19.4. The third kappa shape index (κ3) is 2.35. The topological polar surface area (TPSA) is 130 Å². The van der Waals surface area contributed by atoms with Crippen LogP contribution >= 0.6 is 0 Å². The van der Waals surface area contributed by atoms with E-state index >= 15 is 0 Å². The zero-order chi connectivity index (χ0) is 18.5. The van der Waals surface area contributed by atoms with Gasteiger partial charge in [0.25, 0.3) is 11.7 Å². The van der Waals surface area contributed by atoms with Gasteiger partial charge >= 0.3 is 6.18 Å². The van der Waals surface area contributed by atoms with Gasteiger partial charge in [-0.25, -0.2) is 4.98 Å². The van der Waals surface area contributed by atoms with Crippen molar-refractivity contribution in [1.29, 1.82) is 0 Å². The summed E-state index contributed by atoms with van der Waals surface area (Å²) < 4.78 is 47.2. The highest BCUT2D eigenvalue weighted by Crippen LogP contribution is 2.41. The lowest BCUT2D eigenvalue weighted by molar-refractivity contribution is -0.295. The lowest BCUT2D eigenvalue weighted by atomic mass is 10.1. The molecule has 1 atom stereocenters. The molecule has 0 aliphatic carbocycles. The number of hydrogen-bond acceptors (Lipinski definition) is 9. The third-order valence-electron chi connectivity index (χ3n) is 3.85. The Morgan fingerprint density at radius 2 is 2.12 bits per heavy atom. The molecule has 0 saturated carbocycles. The molecule has 0 unspecified atom stereocenters. The molecule has 0 spiro atoms. The van der Waals surface area contributed by atoms with Gasteiger partial charge in [0.1, 0.15) is 29.5 Å². The third-order valence-corrected chi connectivity index (χ3v) is 3.85. The number of aliphatic hydroxyl groups is 1. The fraction of sp³-hybridized carbons (Fsp3) is 0.308. The van der Waals surface area contributed by atoms with Crippen LogP contribution in [0.2, 0.25) is 0 Å². The zero-order valence-corrected chi connectivity index (χ0v) is 12.9. The number of amidine groups is 1. The average molecular weight is 368 g/mol. The van der Waals surface area contributed by atoms with Crippen LogP contribution in [0.15, 0.2) is 44.4 Å². The van der Waals surface area contributed by atoms with Crippen LogP contribution in [0.4, 0.5) is 13.2 Å². The molecule has 0 amide bonds. The molecular formula is C13H11F3N8O2.